The number of carbonyl (C=O) groups excluding carboxylic acids is 1. The molecule has 108 valence electrons. The molecule has 3 rings (SSSR count). The summed E-state index contributed by atoms with van der Waals surface area (Å²) in [5, 5.41) is 3.87. The molecular formula is C16H22N2OS. The summed E-state index contributed by atoms with van der Waals surface area (Å²) in [4.78, 5) is 16.9. The summed E-state index contributed by atoms with van der Waals surface area (Å²) < 4.78 is 0. The van der Waals surface area contributed by atoms with Crippen molar-refractivity contribution in [1.29, 1.82) is 0 Å². The third-order valence-corrected chi connectivity index (χ3v) is 5.00. The number of hydrogen-bond acceptors (Lipinski definition) is 4. The van der Waals surface area contributed by atoms with Crippen molar-refractivity contribution in [2.24, 2.45) is 0 Å². The van der Waals surface area contributed by atoms with Crippen LogP contribution in [0.5, 0.6) is 0 Å². The molecule has 0 radical (unpaired) electrons. The van der Waals surface area contributed by atoms with Gasteiger partial charge < -0.3 is 9.80 Å². The highest BCUT2D eigenvalue weighted by molar-refractivity contribution is 7.08. The van der Waals surface area contributed by atoms with Gasteiger partial charge in [0.05, 0.1) is 0 Å². The fourth-order valence-corrected chi connectivity index (χ4v) is 3.82. The van der Waals surface area contributed by atoms with Crippen molar-refractivity contribution < 1.29 is 4.79 Å². The van der Waals surface area contributed by atoms with Crippen LogP contribution < -0.4 is 0 Å². The van der Waals surface area contributed by atoms with E-state index in [2.05, 4.69) is 9.80 Å². The van der Waals surface area contributed by atoms with Gasteiger partial charge >= 0.3 is 0 Å². The fraction of sp³-hybridized carbons (Fsp3) is 0.562. The van der Waals surface area contributed by atoms with E-state index >= 15 is 0 Å². The molecule has 2 fully saturated rings. The highest BCUT2D eigenvalue weighted by Crippen LogP contribution is 2.20. The minimum Gasteiger partial charge on any atom is -0.373 e. The van der Waals surface area contributed by atoms with Crippen LogP contribution in [0.1, 0.15) is 36.0 Å². The van der Waals surface area contributed by atoms with Gasteiger partial charge in [-0.15, -0.1) is 0 Å². The number of thiophene rings is 1. The molecule has 0 bridgehead atoms. The summed E-state index contributed by atoms with van der Waals surface area (Å²) in [6.07, 6.45) is 8.96. The van der Waals surface area contributed by atoms with E-state index in [1.54, 1.807) is 17.4 Å². The molecule has 1 aromatic rings. The van der Waals surface area contributed by atoms with E-state index in [0.717, 1.165) is 18.7 Å². The first kappa shape index (κ1) is 13.8. The van der Waals surface area contributed by atoms with Gasteiger partial charge in [0.25, 0.3) is 0 Å². The standard InChI is InChI=1S/C16H22N2OS/c19-16(14-6-11-20-13-14)5-10-18-9-3-4-15(18)12-17-7-1-2-8-17/h5-6,10-11,13,15H,1-4,7-9,12H2/t15-/m0/s1. The zero-order valence-corrected chi connectivity index (χ0v) is 12.6. The second-order valence-corrected chi connectivity index (χ2v) is 6.51. The fourth-order valence-electron chi connectivity index (χ4n) is 3.18. The van der Waals surface area contributed by atoms with Crippen LogP contribution in [-0.2, 0) is 0 Å². The number of likely N-dealkylation sites (tertiary alicyclic amines) is 2. The monoisotopic (exact) mass is 290 g/mol. The summed E-state index contributed by atoms with van der Waals surface area (Å²) in [6.45, 7) is 4.76. The Kier molecular flexibility index (Phi) is 4.53. The molecule has 0 unspecified atom stereocenters. The largest absolute Gasteiger partial charge is 0.373 e. The number of ketones is 1. The zero-order valence-electron chi connectivity index (χ0n) is 11.8. The molecule has 3 nitrogen and oxygen atoms in total. The molecule has 0 amide bonds. The first-order valence-corrected chi connectivity index (χ1v) is 8.50. The average molecular weight is 290 g/mol. The number of allylic oxidation sites excluding steroid dienone is 1. The summed E-state index contributed by atoms with van der Waals surface area (Å²) in [5.74, 6) is 0.123. The predicted octanol–water partition coefficient (Wildman–Crippen LogP) is 3.00. The Hall–Kier alpha value is -1.13. The number of hydrogen-bond donors (Lipinski definition) is 0. The van der Waals surface area contributed by atoms with Crippen LogP contribution in [0.3, 0.4) is 0 Å². The van der Waals surface area contributed by atoms with Crippen molar-refractivity contribution in [3.05, 3.63) is 34.7 Å². The Bertz CT molecular complexity index is 463. The van der Waals surface area contributed by atoms with Gasteiger partial charge in [-0.3, -0.25) is 4.79 Å². The second-order valence-electron chi connectivity index (χ2n) is 5.73. The van der Waals surface area contributed by atoms with E-state index in [9.17, 15) is 4.79 Å². The van der Waals surface area contributed by atoms with Crippen molar-refractivity contribution in [2.45, 2.75) is 31.7 Å². The molecule has 2 aliphatic rings. The smallest absolute Gasteiger partial charge is 0.188 e. The first-order chi connectivity index (χ1) is 9.83. The van der Waals surface area contributed by atoms with Crippen molar-refractivity contribution in [3.63, 3.8) is 0 Å². The van der Waals surface area contributed by atoms with Gasteiger partial charge in [-0.2, -0.15) is 11.3 Å². The molecule has 1 aromatic heterocycles. The first-order valence-electron chi connectivity index (χ1n) is 7.56. The van der Waals surface area contributed by atoms with Crippen LogP contribution in [-0.4, -0.2) is 47.8 Å². The van der Waals surface area contributed by atoms with E-state index in [1.807, 2.05) is 23.0 Å². The number of carbonyl (C=O) groups is 1. The summed E-state index contributed by atoms with van der Waals surface area (Å²) in [5.41, 5.74) is 0.807. The molecule has 0 N–H and O–H groups in total. The van der Waals surface area contributed by atoms with Gasteiger partial charge in [-0.25, -0.2) is 0 Å². The lowest BCUT2D eigenvalue weighted by molar-refractivity contribution is 0.104. The predicted molar refractivity (Wildman–Crippen MR) is 83.2 cm³/mol. The topological polar surface area (TPSA) is 23.6 Å². The van der Waals surface area contributed by atoms with Crippen LogP contribution >= 0.6 is 11.3 Å². The highest BCUT2D eigenvalue weighted by Gasteiger charge is 2.25. The van der Waals surface area contributed by atoms with Gasteiger partial charge in [0.15, 0.2) is 5.78 Å². The summed E-state index contributed by atoms with van der Waals surface area (Å²) in [7, 11) is 0. The lowest BCUT2D eigenvalue weighted by Crippen LogP contribution is -2.36. The minimum atomic E-state index is 0.123. The highest BCUT2D eigenvalue weighted by atomic mass is 32.1. The molecule has 0 spiro atoms. The number of rotatable bonds is 5. The van der Waals surface area contributed by atoms with Crippen LogP contribution in [0, 0.1) is 0 Å². The molecular weight excluding hydrogens is 268 g/mol. The third-order valence-electron chi connectivity index (χ3n) is 4.31. The van der Waals surface area contributed by atoms with E-state index in [1.165, 1.54) is 38.8 Å². The van der Waals surface area contributed by atoms with Crippen LogP contribution in [0.25, 0.3) is 0 Å². The van der Waals surface area contributed by atoms with Gasteiger partial charge in [0, 0.05) is 42.4 Å². The lowest BCUT2D eigenvalue weighted by atomic mass is 10.2. The molecule has 0 saturated carbocycles. The Balaban J connectivity index is 1.56. The Morgan fingerprint density at radius 1 is 1.30 bits per heavy atom. The van der Waals surface area contributed by atoms with Gasteiger partial charge in [-0.05, 0) is 50.2 Å². The molecule has 2 saturated heterocycles. The molecule has 3 heterocycles. The van der Waals surface area contributed by atoms with E-state index < -0.39 is 0 Å². The molecule has 1 atom stereocenters. The molecule has 4 heteroatoms. The molecule has 0 aromatic carbocycles. The van der Waals surface area contributed by atoms with Gasteiger partial charge in [0.2, 0.25) is 0 Å². The van der Waals surface area contributed by atoms with E-state index in [-0.39, 0.29) is 5.78 Å². The molecule has 2 aliphatic heterocycles. The summed E-state index contributed by atoms with van der Waals surface area (Å²) >= 11 is 1.57. The van der Waals surface area contributed by atoms with Crippen LogP contribution in [0.4, 0.5) is 0 Å². The van der Waals surface area contributed by atoms with Crippen molar-refractivity contribution in [1.82, 2.24) is 9.80 Å². The SMILES string of the molecule is O=C(C=CN1CCC[C@H]1CN1CCCC1)c1ccsc1. The van der Waals surface area contributed by atoms with Crippen LogP contribution in [0.2, 0.25) is 0 Å². The van der Waals surface area contributed by atoms with Gasteiger partial charge in [0.1, 0.15) is 0 Å². The minimum absolute atomic E-state index is 0.123. The summed E-state index contributed by atoms with van der Waals surface area (Å²) in [6, 6.07) is 2.49. The Morgan fingerprint density at radius 3 is 2.90 bits per heavy atom. The Labute approximate surface area is 124 Å². The molecule has 20 heavy (non-hydrogen) atoms. The number of nitrogens with zero attached hydrogens (tertiary/aromatic N) is 2. The van der Waals surface area contributed by atoms with Crippen molar-refractivity contribution >= 4 is 17.1 Å². The quantitative estimate of drug-likeness (QED) is 0.615. The second kappa shape index (κ2) is 6.55. The van der Waals surface area contributed by atoms with Crippen molar-refractivity contribution in [2.75, 3.05) is 26.2 Å². The Morgan fingerprint density at radius 2 is 2.15 bits per heavy atom. The van der Waals surface area contributed by atoms with Crippen molar-refractivity contribution in [3.8, 4) is 0 Å². The van der Waals surface area contributed by atoms with E-state index in [0.29, 0.717) is 6.04 Å². The van der Waals surface area contributed by atoms with Gasteiger partial charge in [-0.1, -0.05) is 0 Å². The molecule has 0 aliphatic carbocycles. The zero-order chi connectivity index (χ0) is 13.8. The third kappa shape index (κ3) is 3.30. The normalized spacial score (nSPS) is 24.0. The maximum absolute atomic E-state index is 12.0. The van der Waals surface area contributed by atoms with E-state index in [4.69, 9.17) is 0 Å². The maximum Gasteiger partial charge on any atom is 0.188 e. The average Bonchev–Trinajstić information content (AvgIpc) is 3.20. The lowest BCUT2D eigenvalue weighted by Gasteiger charge is -2.27. The maximum atomic E-state index is 12.0. The van der Waals surface area contributed by atoms with Crippen LogP contribution in [0.15, 0.2) is 29.1 Å².